The maximum absolute atomic E-state index is 12.8. The van der Waals surface area contributed by atoms with Gasteiger partial charge in [-0.25, -0.2) is 4.98 Å². The standard InChI is InChI=1S/C26H34N4O2/c1-3-29(4-2)26(31)22-10-8-14-28(19-22)18-21-9-7-11-23(17-21)32-16-15-30-20-27-24-12-5-6-13-25(24)30/h5-7,9,11-13,17,20,22H,3-4,8,10,14-16,18-19H2,1-2H3. The molecule has 1 saturated heterocycles. The molecule has 1 fully saturated rings. The maximum Gasteiger partial charge on any atom is 0.226 e. The molecule has 4 rings (SSSR count). The summed E-state index contributed by atoms with van der Waals surface area (Å²) < 4.78 is 8.18. The van der Waals surface area contributed by atoms with E-state index in [1.165, 1.54) is 5.56 Å². The molecular weight excluding hydrogens is 400 g/mol. The molecule has 1 aromatic heterocycles. The Balaban J connectivity index is 1.31. The monoisotopic (exact) mass is 434 g/mol. The zero-order valence-corrected chi connectivity index (χ0v) is 19.2. The van der Waals surface area contributed by atoms with Crippen molar-refractivity contribution in [2.75, 3.05) is 32.8 Å². The molecule has 6 nitrogen and oxygen atoms in total. The summed E-state index contributed by atoms with van der Waals surface area (Å²) in [6, 6.07) is 16.5. The first-order chi connectivity index (χ1) is 15.7. The summed E-state index contributed by atoms with van der Waals surface area (Å²) in [5, 5.41) is 0. The first kappa shape index (κ1) is 22.3. The van der Waals surface area contributed by atoms with Crippen molar-refractivity contribution in [2.24, 2.45) is 5.92 Å². The Labute approximate surface area is 190 Å². The molecule has 2 aromatic carbocycles. The number of piperidine rings is 1. The van der Waals surface area contributed by atoms with Crippen LogP contribution in [0.5, 0.6) is 5.75 Å². The van der Waals surface area contributed by atoms with Crippen LogP contribution >= 0.6 is 0 Å². The third-order valence-corrected chi connectivity index (χ3v) is 6.36. The Morgan fingerprint density at radius 3 is 2.84 bits per heavy atom. The van der Waals surface area contributed by atoms with E-state index in [2.05, 4.69) is 52.6 Å². The Morgan fingerprint density at radius 2 is 2.00 bits per heavy atom. The van der Waals surface area contributed by atoms with E-state index in [0.717, 1.165) is 68.9 Å². The predicted molar refractivity (Wildman–Crippen MR) is 128 cm³/mol. The molecule has 2 heterocycles. The van der Waals surface area contributed by atoms with Crippen LogP contribution in [0, 0.1) is 5.92 Å². The van der Waals surface area contributed by atoms with Crippen molar-refractivity contribution in [1.29, 1.82) is 0 Å². The van der Waals surface area contributed by atoms with E-state index in [4.69, 9.17) is 4.74 Å². The van der Waals surface area contributed by atoms with Crippen molar-refractivity contribution in [3.05, 3.63) is 60.4 Å². The van der Waals surface area contributed by atoms with Gasteiger partial charge in [-0.2, -0.15) is 0 Å². The number of benzene rings is 2. The quantitative estimate of drug-likeness (QED) is 0.507. The SMILES string of the molecule is CCN(CC)C(=O)C1CCCN(Cc2cccc(OCCn3cnc4ccccc43)c2)C1. The number of fused-ring (bicyclic) bond motifs is 1. The number of aromatic nitrogens is 2. The summed E-state index contributed by atoms with van der Waals surface area (Å²) in [4.78, 5) is 21.6. The van der Waals surface area contributed by atoms with Gasteiger partial charge in [0.15, 0.2) is 0 Å². The molecule has 1 amide bonds. The maximum atomic E-state index is 12.8. The molecule has 0 spiro atoms. The van der Waals surface area contributed by atoms with Gasteiger partial charge < -0.3 is 14.2 Å². The van der Waals surface area contributed by atoms with Crippen molar-refractivity contribution in [3.63, 3.8) is 0 Å². The van der Waals surface area contributed by atoms with Gasteiger partial charge in [0.1, 0.15) is 12.4 Å². The van der Waals surface area contributed by atoms with Crippen LogP contribution in [0.3, 0.4) is 0 Å². The lowest BCUT2D eigenvalue weighted by Crippen LogP contribution is -2.44. The van der Waals surface area contributed by atoms with Gasteiger partial charge in [-0.15, -0.1) is 0 Å². The molecule has 32 heavy (non-hydrogen) atoms. The number of amides is 1. The number of rotatable bonds is 9. The number of carbonyl (C=O) groups excluding carboxylic acids is 1. The van der Waals surface area contributed by atoms with Crippen LogP contribution in [0.15, 0.2) is 54.9 Å². The van der Waals surface area contributed by atoms with E-state index < -0.39 is 0 Å². The predicted octanol–water partition coefficient (Wildman–Crippen LogP) is 4.20. The van der Waals surface area contributed by atoms with Crippen LogP contribution in [0.2, 0.25) is 0 Å². The average molecular weight is 435 g/mol. The lowest BCUT2D eigenvalue weighted by Gasteiger charge is -2.34. The second kappa shape index (κ2) is 10.6. The van der Waals surface area contributed by atoms with Crippen LogP contribution in [0.4, 0.5) is 0 Å². The smallest absolute Gasteiger partial charge is 0.226 e. The summed E-state index contributed by atoms with van der Waals surface area (Å²) in [5.41, 5.74) is 3.36. The molecule has 1 aliphatic rings. The highest BCUT2D eigenvalue weighted by molar-refractivity contribution is 5.79. The first-order valence-electron chi connectivity index (χ1n) is 11.8. The molecule has 1 aliphatic heterocycles. The van der Waals surface area contributed by atoms with Crippen LogP contribution in [0.1, 0.15) is 32.3 Å². The fourth-order valence-corrected chi connectivity index (χ4v) is 4.64. The molecule has 6 heteroatoms. The molecule has 0 radical (unpaired) electrons. The molecule has 0 bridgehead atoms. The Morgan fingerprint density at radius 1 is 1.16 bits per heavy atom. The lowest BCUT2D eigenvalue weighted by atomic mass is 9.96. The van der Waals surface area contributed by atoms with E-state index in [-0.39, 0.29) is 5.92 Å². The van der Waals surface area contributed by atoms with Gasteiger partial charge >= 0.3 is 0 Å². The van der Waals surface area contributed by atoms with E-state index in [1.54, 1.807) is 0 Å². The molecule has 0 saturated carbocycles. The molecule has 1 unspecified atom stereocenters. The normalized spacial score (nSPS) is 16.9. The Bertz CT molecular complexity index is 1030. The van der Waals surface area contributed by atoms with Gasteiger partial charge in [0.05, 0.1) is 29.8 Å². The summed E-state index contributed by atoms with van der Waals surface area (Å²) in [6.07, 6.45) is 3.95. The van der Waals surface area contributed by atoms with Gasteiger partial charge in [0, 0.05) is 26.2 Å². The van der Waals surface area contributed by atoms with Crippen LogP contribution < -0.4 is 4.74 Å². The second-order valence-corrected chi connectivity index (χ2v) is 8.51. The van der Waals surface area contributed by atoms with Crippen molar-refractivity contribution < 1.29 is 9.53 Å². The second-order valence-electron chi connectivity index (χ2n) is 8.51. The average Bonchev–Trinajstić information content (AvgIpc) is 3.23. The van der Waals surface area contributed by atoms with Crippen molar-refractivity contribution in [1.82, 2.24) is 19.4 Å². The number of nitrogens with zero attached hydrogens (tertiary/aromatic N) is 4. The number of hydrogen-bond donors (Lipinski definition) is 0. The Hall–Kier alpha value is -2.86. The van der Waals surface area contributed by atoms with E-state index in [0.29, 0.717) is 12.5 Å². The fraction of sp³-hybridized carbons (Fsp3) is 0.462. The summed E-state index contributed by atoms with van der Waals surface area (Å²) in [7, 11) is 0. The summed E-state index contributed by atoms with van der Waals surface area (Å²) in [5.74, 6) is 1.32. The van der Waals surface area contributed by atoms with E-state index >= 15 is 0 Å². The highest BCUT2D eigenvalue weighted by Crippen LogP contribution is 2.22. The number of ether oxygens (including phenoxy) is 1. The number of para-hydroxylation sites is 2. The van der Waals surface area contributed by atoms with Gasteiger partial charge in [0.25, 0.3) is 0 Å². The van der Waals surface area contributed by atoms with Crippen LogP contribution in [-0.2, 0) is 17.9 Å². The third-order valence-electron chi connectivity index (χ3n) is 6.36. The van der Waals surface area contributed by atoms with Crippen LogP contribution in [-0.4, -0.2) is 58.0 Å². The van der Waals surface area contributed by atoms with Gasteiger partial charge in [-0.3, -0.25) is 9.69 Å². The number of imidazole rings is 1. The number of hydrogen-bond acceptors (Lipinski definition) is 4. The third kappa shape index (κ3) is 5.30. The van der Waals surface area contributed by atoms with Crippen molar-refractivity contribution >= 4 is 16.9 Å². The number of carbonyl (C=O) groups is 1. The minimum atomic E-state index is 0.119. The minimum absolute atomic E-state index is 0.119. The number of likely N-dealkylation sites (tertiary alicyclic amines) is 1. The van der Waals surface area contributed by atoms with Crippen LogP contribution in [0.25, 0.3) is 11.0 Å². The van der Waals surface area contributed by atoms with Crippen molar-refractivity contribution in [3.8, 4) is 5.75 Å². The Kier molecular flexibility index (Phi) is 7.43. The zero-order valence-electron chi connectivity index (χ0n) is 19.2. The zero-order chi connectivity index (χ0) is 22.3. The molecule has 1 atom stereocenters. The highest BCUT2D eigenvalue weighted by atomic mass is 16.5. The molecule has 0 N–H and O–H groups in total. The van der Waals surface area contributed by atoms with Gasteiger partial charge in [0.2, 0.25) is 5.91 Å². The van der Waals surface area contributed by atoms with Gasteiger partial charge in [-0.05, 0) is 63.1 Å². The molecule has 170 valence electrons. The van der Waals surface area contributed by atoms with Crippen molar-refractivity contribution in [2.45, 2.75) is 39.8 Å². The summed E-state index contributed by atoms with van der Waals surface area (Å²) >= 11 is 0. The lowest BCUT2D eigenvalue weighted by molar-refractivity contribution is -0.137. The first-order valence-corrected chi connectivity index (χ1v) is 11.8. The molecule has 3 aromatic rings. The summed E-state index contributed by atoms with van der Waals surface area (Å²) in [6.45, 7) is 9.78. The highest BCUT2D eigenvalue weighted by Gasteiger charge is 2.28. The topological polar surface area (TPSA) is 50.6 Å². The molecule has 0 aliphatic carbocycles. The van der Waals surface area contributed by atoms with Gasteiger partial charge in [-0.1, -0.05) is 24.3 Å². The fourth-order valence-electron chi connectivity index (χ4n) is 4.64. The molecular formula is C26H34N4O2. The van der Waals surface area contributed by atoms with E-state index in [1.807, 2.05) is 35.5 Å². The largest absolute Gasteiger partial charge is 0.492 e. The van der Waals surface area contributed by atoms with E-state index in [9.17, 15) is 4.79 Å². The minimum Gasteiger partial charge on any atom is -0.492 e.